The second-order valence-electron chi connectivity index (χ2n) is 6.54. The molecule has 33 heavy (non-hydrogen) atoms. The van der Waals surface area contributed by atoms with Crippen LogP contribution in [-0.2, 0) is 0 Å². The van der Waals surface area contributed by atoms with E-state index in [0.717, 1.165) is 0 Å². The third-order valence-electron chi connectivity index (χ3n) is 4.45. The number of hydrogen-bond donors (Lipinski definition) is 1. The first kappa shape index (κ1) is 23.7. The smallest absolute Gasteiger partial charge is 0.322 e. The summed E-state index contributed by atoms with van der Waals surface area (Å²) in [6.07, 6.45) is 0. The molecule has 0 saturated heterocycles. The van der Waals surface area contributed by atoms with Crippen molar-refractivity contribution in [2.45, 2.75) is 20.8 Å². The van der Waals surface area contributed by atoms with Gasteiger partial charge in [0.1, 0.15) is 0 Å². The van der Waals surface area contributed by atoms with Crippen molar-refractivity contribution >= 4 is 11.9 Å². The Morgan fingerprint density at radius 2 is 1.48 bits per heavy atom. The first-order valence-corrected chi connectivity index (χ1v) is 10.5. The first-order valence-electron chi connectivity index (χ1n) is 10.5. The summed E-state index contributed by atoms with van der Waals surface area (Å²) in [6.45, 7) is 6.95. The van der Waals surface area contributed by atoms with Crippen LogP contribution < -0.4 is 29.0 Å². The largest absolute Gasteiger partial charge is 0.493 e. The topological polar surface area (TPSA) is 114 Å². The van der Waals surface area contributed by atoms with Gasteiger partial charge >= 0.3 is 6.01 Å². The zero-order valence-corrected chi connectivity index (χ0v) is 19.3. The summed E-state index contributed by atoms with van der Waals surface area (Å²) < 4.78 is 33.3. The number of anilines is 1. The Bertz CT molecular complexity index is 1070. The summed E-state index contributed by atoms with van der Waals surface area (Å²) in [5, 5.41) is 10.6. The molecule has 3 rings (SSSR count). The van der Waals surface area contributed by atoms with Gasteiger partial charge in [0, 0.05) is 11.1 Å². The van der Waals surface area contributed by atoms with Gasteiger partial charge in [0.15, 0.2) is 23.0 Å². The summed E-state index contributed by atoms with van der Waals surface area (Å²) in [4.78, 5) is 12.6. The maximum absolute atomic E-state index is 12.6. The van der Waals surface area contributed by atoms with E-state index in [1.165, 1.54) is 14.2 Å². The Labute approximate surface area is 191 Å². The molecule has 0 unspecified atom stereocenters. The lowest BCUT2D eigenvalue weighted by atomic mass is 10.2. The van der Waals surface area contributed by atoms with Gasteiger partial charge in [-0.25, -0.2) is 0 Å². The molecule has 0 fully saturated rings. The average molecular weight is 457 g/mol. The summed E-state index contributed by atoms with van der Waals surface area (Å²) in [5.41, 5.74) is 0.898. The van der Waals surface area contributed by atoms with Crippen LogP contribution in [0.2, 0.25) is 0 Å². The number of ether oxygens (including phenoxy) is 5. The van der Waals surface area contributed by atoms with Gasteiger partial charge in [-0.3, -0.25) is 10.1 Å². The fourth-order valence-electron chi connectivity index (χ4n) is 3.05. The molecule has 0 saturated carbocycles. The number of methoxy groups -OCH3 is 2. The molecule has 1 heterocycles. The number of carbonyl (C=O) groups excluding carboxylic acids is 1. The summed E-state index contributed by atoms with van der Waals surface area (Å²) in [5.74, 6) is 2.18. The molecule has 176 valence electrons. The van der Waals surface area contributed by atoms with Gasteiger partial charge in [0.25, 0.3) is 5.91 Å². The molecule has 10 nitrogen and oxygen atoms in total. The summed E-state index contributed by atoms with van der Waals surface area (Å²) in [6, 6.07) is 8.19. The van der Waals surface area contributed by atoms with Crippen molar-refractivity contribution in [2.75, 3.05) is 39.4 Å². The lowest BCUT2D eigenvalue weighted by molar-refractivity contribution is 0.102. The molecule has 0 spiro atoms. The van der Waals surface area contributed by atoms with Gasteiger partial charge in [-0.2, -0.15) is 0 Å². The Balaban J connectivity index is 1.87. The molecule has 0 aliphatic heterocycles. The SMILES string of the molecule is CCOc1cc(-c2nnc(NC(=O)c3ccc(OC)c(OC)c3)o2)cc(OCC)c1OCC. The predicted octanol–water partition coefficient (Wildman–Crippen LogP) is 4.20. The van der Waals surface area contributed by atoms with Gasteiger partial charge in [0.2, 0.25) is 11.6 Å². The molecule has 0 aliphatic carbocycles. The third-order valence-corrected chi connectivity index (χ3v) is 4.45. The van der Waals surface area contributed by atoms with Crippen LogP contribution in [0.25, 0.3) is 11.5 Å². The first-order chi connectivity index (χ1) is 16.0. The normalized spacial score (nSPS) is 10.5. The van der Waals surface area contributed by atoms with Crippen molar-refractivity contribution in [3.8, 4) is 40.2 Å². The zero-order valence-electron chi connectivity index (χ0n) is 19.3. The van der Waals surface area contributed by atoms with Crippen LogP contribution in [0, 0.1) is 0 Å². The second-order valence-corrected chi connectivity index (χ2v) is 6.54. The Hall–Kier alpha value is -3.95. The summed E-state index contributed by atoms with van der Waals surface area (Å²) in [7, 11) is 3.01. The van der Waals surface area contributed by atoms with E-state index < -0.39 is 5.91 Å². The van der Waals surface area contributed by atoms with E-state index in [0.29, 0.717) is 59.7 Å². The lowest BCUT2D eigenvalue weighted by Gasteiger charge is -2.16. The van der Waals surface area contributed by atoms with E-state index >= 15 is 0 Å². The van der Waals surface area contributed by atoms with Crippen molar-refractivity contribution < 1.29 is 32.9 Å². The minimum atomic E-state index is -0.442. The van der Waals surface area contributed by atoms with Crippen molar-refractivity contribution in [1.29, 1.82) is 0 Å². The fraction of sp³-hybridized carbons (Fsp3) is 0.348. The van der Waals surface area contributed by atoms with Gasteiger partial charge in [0.05, 0.1) is 34.0 Å². The van der Waals surface area contributed by atoms with Crippen LogP contribution >= 0.6 is 0 Å². The zero-order chi connectivity index (χ0) is 23.8. The highest BCUT2D eigenvalue weighted by Crippen LogP contribution is 2.42. The number of rotatable bonds is 11. The number of amides is 1. The van der Waals surface area contributed by atoms with Crippen molar-refractivity contribution in [3.63, 3.8) is 0 Å². The highest BCUT2D eigenvalue weighted by molar-refractivity contribution is 6.03. The molecule has 0 bridgehead atoms. The maximum atomic E-state index is 12.6. The Morgan fingerprint density at radius 3 is 2.06 bits per heavy atom. The van der Waals surface area contributed by atoms with Gasteiger partial charge < -0.3 is 28.1 Å². The van der Waals surface area contributed by atoms with Crippen molar-refractivity contribution in [1.82, 2.24) is 10.2 Å². The predicted molar refractivity (Wildman–Crippen MR) is 121 cm³/mol. The van der Waals surface area contributed by atoms with Crippen molar-refractivity contribution in [3.05, 3.63) is 35.9 Å². The van der Waals surface area contributed by atoms with Crippen LogP contribution in [0.3, 0.4) is 0 Å². The standard InChI is InChI=1S/C23H27N3O7/c1-6-30-18-12-15(13-19(31-7-2)20(18)32-8-3)22-25-26-23(33-22)24-21(27)14-9-10-16(28-4)17(11-14)29-5/h9-13H,6-8H2,1-5H3,(H,24,26,27). The molecular formula is C23H27N3O7. The third kappa shape index (κ3) is 5.46. The van der Waals surface area contributed by atoms with E-state index in [4.69, 9.17) is 28.1 Å². The quantitative estimate of drug-likeness (QED) is 0.452. The van der Waals surface area contributed by atoms with E-state index in [9.17, 15) is 4.79 Å². The molecular weight excluding hydrogens is 430 g/mol. The van der Waals surface area contributed by atoms with Crippen LogP contribution in [-0.4, -0.2) is 50.1 Å². The number of nitrogens with one attached hydrogen (secondary N) is 1. The molecule has 3 aromatic rings. The molecule has 1 amide bonds. The molecule has 0 aliphatic rings. The highest BCUT2D eigenvalue weighted by atomic mass is 16.5. The molecule has 0 atom stereocenters. The van der Waals surface area contributed by atoms with Crippen LogP contribution in [0.15, 0.2) is 34.7 Å². The maximum Gasteiger partial charge on any atom is 0.322 e. The van der Waals surface area contributed by atoms with Gasteiger partial charge in [-0.05, 0) is 51.1 Å². The monoisotopic (exact) mass is 457 g/mol. The van der Waals surface area contributed by atoms with E-state index in [-0.39, 0.29) is 11.9 Å². The van der Waals surface area contributed by atoms with Gasteiger partial charge in [-0.1, -0.05) is 5.10 Å². The minimum absolute atomic E-state index is 0.0606. The van der Waals surface area contributed by atoms with Crippen LogP contribution in [0.4, 0.5) is 6.01 Å². The van der Waals surface area contributed by atoms with Crippen LogP contribution in [0.1, 0.15) is 31.1 Å². The number of nitrogens with zero attached hydrogens (tertiary/aromatic N) is 2. The number of benzene rings is 2. The Morgan fingerprint density at radius 1 is 0.848 bits per heavy atom. The van der Waals surface area contributed by atoms with Gasteiger partial charge in [-0.15, -0.1) is 5.10 Å². The van der Waals surface area contributed by atoms with Crippen LogP contribution in [0.5, 0.6) is 28.7 Å². The number of aromatic nitrogens is 2. The number of hydrogen-bond acceptors (Lipinski definition) is 9. The van der Waals surface area contributed by atoms with E-state index in [1.54, 1.807) is 30.3 Å². The second kappa shape index (κ2) is 11.1. The Kier molecular flexibility index (Phi) is 7.96. The molecule has 1 N–H and O–H groups in total. The van der Waals surface area contributed by atoms with E-state index in [2.05, 4.69) is 15.5 Å². The number of carbonyl (C=O) groups is 1. The highest BCUT2D eigenvalue weighted by Gasteiger charge is 2.20. The van der Waals surface area contributed by atoms with E-state index in [1.807, 2.05) is 20.8 Å². The molecule has 2 aromatic carbocycles. The lowest BCUT2D eigenvalue weighted by Crippen LogP contribution is -2.12. The molecule has 10 heteroatoms. The molecule has 0 radical (unpaired) electrons. The average Bonchev–Trinajstić information content (AvgIpc) is 3.29. The fourth-order valence-corrected chi connectivity index (χ4v) is 3.05. The minimum Gasteiger partial charge on any atom is -0.493 e. The van der Waals surface area contributed by atoms with Crippen molar-refractivity contribution in [2.24, 2.45) is 0 Å². The summed E-state index contributed by atoms with van der Waals surface area (Å²) >= 11 is 0. The molecule has 1 aromatic heterocycles.